The molecule has 2 heterocycles. The molecule has 4 bridgehead atoms. The van der Waals surface area contributed by atoms with E-state index in [1.54, 1.807) is 23.6 Å². The van der Waals surface area contributed by atoms with E-state index in [1.807, 2.05) is 36.4 Å². The van der Waals surface area contributed by atoms with E-state index in [2.05, 4.69) is 59.9 Å². The van der Waals surface area contributed by atoms with Crippen LogP contribution in [0.4, 0.5) is 0 Å². The lowest BCUT2D eigenvalue weighted by Gasteiger charge is -2.67. The van der Waals surface area contributed by atoms with Crippen molar-refractivity contribution in [1.29, 1.82) is 0 Å². The number of hydrogen-bond acceptors (Lipinski definition) is 12. The molecule has 10 N–H and O–H groups in total. The minimum atomic E-state index is -1.69. The van der Waals surface area contributed by atoms with Gasteiger partial charge >= 0.3 is 0 Å². The third-order valence-corrected chi connectivity index (χ3v) is 30.3. The summed E-state index contributed by atoms with van der Waals surface area (Å²) < 4.78 is 1.94. The monoisotopic (exact) mass is 1190 g/mol. The van der Waals surface area contributed by atoms with Crippen molar-refractivity contribution in [2.24, 2.45) is 103 Å². The van der Waals surface area contributed by atoms with E-state index in [1.165, 1.54) is 44.1 Å². The van der Waals surface area contributed by atoms with Crippen LogP contribution in [0.2, 0.25) is 0 Å². The van der Waals surface area contributed by atoms with Crippen molar-refractivity contribution in [1.82, 2.24) is 20.2 Å². The molecule has 13 nitrogen and oxygen atoms in total. The molecule has 3 spiro atoms. The van der Waals surface area contributed by atoms with Gasteiger partial charge in [-0.1, -0.05) is 117 Å². The number of fused-ring (bicyclic) bond motifs is 16. The molecular formula is C69H106N6O7S2. The molecule has 466 valence electrons. The van der Waals surface area contributed by atoms with Gasteiger partial charge in [-0.05, 0) is 198 Å². The van der Waals surface area contributed by atoms with Gasteiger partial charge in [0.05, 0.1) is 36.8 Å². The lowest BCUT2D eigenvalue weighted by atomic mass is 9.39. The Hall–Kier alpha value is -2.21. The maximum Gasteiger partial charge on any atom is 0.190 e. The number of nitrogens with zero attached hydrogens (tertiary/aromatic N) is 3. The standard InChI is InChI=1S/C69H106N6O7S2/c1-40(2)15-12-25-66-34-52(79)60(80)48(36-71-6)58(66)51(78)30-50-56(66)43(35-73-62(70)74-41(3)77)32-67(38-76)49-31-53(69(50,67)82)68(26-14-24-65(68)22-9-10-23-65)84-83-37-44(75-28-27-72-39-75)33-63(4,5)59-46-18-13-21-64(19-7-8-20-64)57(46)45-17-11-16-42-29-47(49)61(81)55(59)54(42)45/h27-28,30,39-44,47-49,52-53,55-58,60-61,71,76-77,79-82H,7-26,29,31-38H2,1-6H3,(H3,70,73,74)/t41-,42+,43-,44+,47+,48+,49-,52+,53-,55-,56+,57-,58+,60-,61+,66-,67+,68+,69+/m1/s1. The normalized spacial score (nSPS) is 44.2. The van der Waals surface area contributed by atoms with Crippen LogP contribution in [0.15, 0.2) is 57.7 Å². The van der Waals surface area contributed by atoms with Gasteiger partial charge in [-0.2, -0.15) is 0 Å². The Kier molecular flexibility index (Phi) is 16.3. The summed E-state index contributed by atoms with van der Waals surface area (Å²) in [5.41, 5.74) is 10.1. The summed E-state index contributed by atoms with van der Waals surface area (Å²) in [6, 6.07) is 0.123. The van der Waals surface area contributed by atoms with E-state index < -0.39 is 63.5 Å². The molecule has 84 heavy (non-hydrogen) atoms. The highest BCUT2D eigenvalue weighted by atomic mass is 33.1. The number of aromatic nitrogens is 2. The van der Waals surface area contributed by atoms with Crippen LogP contribution in [0, 0.1) is 92.2 Å². The van der Waals surface area contributed by atoms with Gasteiger partial charge in [-0.15, -0.1) is 0 Å². The predicted octanol–water partition coefficient (Wildman–Crippen LogP) is 10.6. The van der Waals surface area contributed by atoms with Crippen LogP contribution in [0.5, 0.6) is 0 Å². The van der Waals surface area contributed by atoms with Gasteiger partial charge in [-0.3, -0.25) is 9.79 Å². The molecule has 15 heteroatoms. The first kappa shape index (κ1) is 60.7. The van der Waals surface area contributed by atoms with Crippen molar-refractivity contribution in [2.75, 3.05) is 32.5 Å². The van der Waals surface area contributed by atoms with Crippen molar-refractivity contribution in [3.8, 4) is 0 Å². The number of guanidine groups is 1. The number of imidazole rings is 1. The molecule has 19 atom stereocenters. The van der Waals surface area contributed by atoms with Gasteiger partial charge in [0.1, 0.15) is 6.23 Å². The van der Waals surface area contributed by atoms with Crippen LogP contribution in [0.3, 0.4) is 0 Å². The first-order valence-electron chi connectivity index (χ1n) is 34.0. The molecular weight excluding hydrogens is 1090 g/mol. The molecule has 13 rings (SSSR count). The van der Waals surface area contributed by atoms with Gasteiger partial charge in [0.25, 0.3) is 0 Å². The highest BCUT2D eigenvalue weighted by Gasteiger charge is 2.80. The van der Waals surface area contributed by atoms with Crippen LogP contribution in [0.1, 0.15) is 201 Å². The van der Waals surface area contributed by atoms with Crippen molar-refractivity contribution in [3.05, 3.63) is 52.7 Å². The lowest BCUT2D eigenvalue weighted by molar-refractivity contribution is -0.203. The number of carbonyl (C=O) groups excluding carboxylic acids is 1. The topological polar surface area (TPSA) is 219 Å². The summed E-state index contributed by atoms with van der Waals surface area (Å²) in [4.78, 5) is 26.1. The van der Waals surface area contributed by atoms with E-state index in [4.69, 9.17) is 15.7 Å². The Labute approximate surface area is 510 Å². The van der Waals surface area contributed by atoms with Gasteiger partial charge in [0, 0.05) is 77.0 Å². The smallest absolute Gasteiger partial charge is 0.190 e. The number of nitrogens with one attached hydrogen (secondary N) is 2. The second kappa shape index (κ2) is 22.6. The molecule has 1 aliphatic heterocycles. The predicted molar refractivity (Wildman–Crippen MR) is 335 cm³/mol. The number of nitrogens with two attached hydrogens (primary N) is 1. The largest absolute Gasteiger partial charge is 0.396 e. The van der Waals surface area contributed by atoms with Crippen LogP contribution in [0.25, 0.3) is 0 Å². The summed E-state index contributed by atoms with van der Waals surface area (Å²) in [5.74, 6) is -1.11. The summed E-state index contributed by atoms with van der Waals surface area (Å²) >= 11 is 0. The summed E-state index contributed by atoms with van der Waals surface area (Å²) in [7, 11) is 5.94. The molecule has 1 saturated heterocycles. The summed E-state index contributed by atoms with van der Waals surface area (Å²) in [6.45, 7) is 11.4. The van der Waals surface area contributed by atoms with E-state index >= 15 is 9.90 Å². The number of ketones is 1. The van der Waals surface area contributed by atoms with Crippen LogP contribution >= 0.6 is 21.6 Å². The second-order valence-corrected chi connectivity index (χ2v) is 34.2. The lowest BCUT2D eigenvalue weighted by Crippen LogP contribution is -2.71. The Morgan fingerprint density at radius 1 is 0.917 bits per heavy atom. The van der Waals surface area contributed by atoms with Crippen molar-refractivity contribution in [3.63, 3.8) is 0 Å². The van der Waals surface area contributed by atoms with Crippen molar-refractivity contribution >= 4 is 33.3 Å². The van der Waals surface area contributed by atoms with E-state index in [9.17, 15) is 25.5 Å². The van der Waals surface area contributed by atoms with E-state index in [-0.39, 0.29) is 89.1 Å². The quantitative estimate of drug-likeness (QED) is 0.0332. The number of allylic oxidation sites excluding steroid dienone is 3. The minimum absolute atomic E-state index is 0.0774. The van der Waals surface area contributed by atoms with Gasteiger partial charge in [0.15, 0.2) is 11.7 Å². The fourth-order valence-corrected chi connectivity index (χ4v) is 28.6. The number of aliphatic imine (C=N–C) groups is 1. The molecule has 1 aromatic rings. The molecule has 9 fully saturated rings. The highest BCUT2D eigenvalue weighted by Crippen LogP contribution is 2.80. The Morgan fingerprint density at radius 3 is 2.37 bits per heavy atom. The molecule has 0 aromatic carbocycles. The average molecular weight is 1200 g/mol. The zero-order valence-electron chi connectivity index (χ0n) is 51.9. The van der Waals surface area contributed by atoms with Crippen LogP contribution in [-0.2, 0) is 4.79 Å². The molecule has 0 radical (unpaired) electrons. The van der Waals surface area contributed by atoms with E-state index in [0.717, 1.165) is 108 Å². The fourth-order valence-electron chi connectivity index (χ4n) is 24.4. The van der Waals surface area contributed by atoms with Crippen LogP contribution in [-0.4, -0.2) is 119 Å². The van der Waals surface area contributed by atoms with Gasteiger partial charge in [0.2, 0.25) is 0 Å². The van der Waals surface area contributed by atoms with Gasteiger partial charge < -0.3 is 51.6 Å². The third kappa shape index (κ3) is 9.06. The second-order valence-electron chi connectivity index (χ2n) is 31.5. The fraction of sp³-hybridized carbons (Fsp3) is 0.841. The Morgan fingerprint density at radius 2 is 1.65 bits per heavy atom. The number of aliphatic hydroxyl groups excluding tert-OH is 5. The highest BCUT2D eigenvalue weighted by molar-refractivity contribution is 8.77. The Bertz CT molecular complexity index is 2740. The van der Waals surface area contributed by atoms with Crippen LogP contribution < -0.4 is 16.4 Å². The summed E-state index contributed by atoms with van der Waals surface area (Å²) in [5, 5.41) is 85.4. The number of hydrogen-bond donors (Lipinski definition) is 9. The average Bonchev–Trinajstić information content (AvgIpc) is 1.41. The molecule has 0 unspecified atom stereocenters. The SMILES string of the molecule is CNC[C@@H]1[C@@H](O)[C@@H](O)C[C@]2(CCCC(C)C)[C@@H]3C(=CC(=O)[C@H]12)[C@]1(O)[C@@H]2C[C@H]([C@@H]4C[C@@H]5CCCC6=C5[C@H](C(=C5CCCC7(CCCC7)[C@H]65)C(C)(C)C[C@H](n5ccnc5)CSS[C@@]25CCCC52CCCC2)[C@H]4O)[C@@]1(CO)C[C@@H]3CN=C(N)N[C@@H](C)O. The number of aliphatic hydroxyl groups is 6. The first-order chi connectivity index (χ1) is 40.3. The number of carbonyl (C=O) groups is 1. The maximum absolute atomic E-state index is 16.3. The Balaban J connectivity index is 1.07. The van der Waals surface area contributed by atoms with E-state index in [0.29, 0.717) is 37.6 Å². The van der Waals surface area contributed by atoms with Crippen molar-refractivity contribution in [2.45, 2.75) is 236 Å². The van der Waals surface area contributed by atoms with Crippen molar-refractivity contribution < 1.29 is 35.4 Å². The molecule has 12 aliphatic rings. The minimum Gasteiger partial charge on any atom is -0.396 e. The summed E-state index contributed by atoms with van der Waals surface area (Å²) in [6.07, 6.45) is 29.0. The van der Waals surface area contributed by atoms with Gasteiger partial charge in [-0.25, -0.2) is 4.98 Å². The zero-order chi connectivity index (χ0) is 58.9. The molecule has 8 saturated carbocycles. The zero-order valence-corrected chi connectivity index (χ0v) is 53.5. The number of rotatable bonds is 11. The first-order valence-corrected chi connectivity index (χ1v) is 36.3. The molecule has 0 amide bonds. The maximum atomic E-state index is 16.3. The molecule has 11 aliphatic carbocycles. The molecule has 1 aromatic heterocycles. The third-order valence-electron chi connectivity index (χ3n) is 26.8.